The molecule has 3 rings (SSSR count). The minimum absolute atomic E-state index is 0.0660. The fraction of sp³-hybridized carbons (Fsp3) is 0.393. The van der Waals surface area contributed by atoms with Crippen molar-refractivity contribution in [1.82, 2.24) is 14.7 Å². The zero-order valence-electron chi connectivity index (χ0n) is 22.0. The molecular weight excluding hydrogens is 456 g/mol. The van der Waals surface area contributed by atoms with Crippen molar-refractivity contribution in [3.8, 4) is 17.2 Å². The molecule has 36 heavy (non-hydrogen) atoms. The van der Waals surface area contributed by atoms with Gasteiger partial charge in [0.05, 0.1) is 25.6 Å². The Morgan fingerprint density at radius 1 is 0.972 bits per heavy atom. The summed E-state index contributed by atoms with van der Waals surface area (Å²) in [6.07, 6.45) is 1.71. The summed E-state index contributed by atoms with van der Waals surface area (Å²) >= 11 is 0. The summed E-state index contributed by atoms with van der Waals surface area (Å²) in [6, 6.07) is 16.3. The molecule has 0 saturated carbocycles. The Kier molecular flexibility index (Phi) is 8.74. The van der Waals surface area contributed by atoms with Crippen LogP contribution in [-0.4, -0.2) is 53.8 Å². The van der Waals surface area contributed by atoms with Gasteiger partial charge in [0.1, 0.15) is 23.9 Å². The monoisotopic (exact) mass is 492 g/mol. The van der Waals surface area contributed by atoms with Gasteiger partial charge < -0.3 is 19.7 Å². The Morgan fingerprint density at radius 3 is 2.08 bits per heavy atom. The van der Waals surface area contributed by atoms with Crippen LogP contribution in [0.5, 0.6) is 11.5 Å². The summed E-state index contributed by atoms with van der Waals surface area (Å²) in [5, 5.41) is 7.73. The Balaban J connectivity index is 1.84. The number of benzene rings is 2. The normalized spacial score (nSPS) is 11.2. The van der Waals surface area contributed by atoms with Crippen LogP contribution in [0.1, 0.15) is 56.6 Å². The van der Waals surface area contributed by atoms with E-state index in [0.717, 1.165) is 30.0 Å². The van der Waals surface area contributed by atoms with Gasteiger partial charge in [0.15, 0.2) is 0 Å². The van der Waals surface area contributed by atoms with Crippen LogP contribution in [0.15, 0.2) is 54.6 Å². The van der Waals surface area contributed by atoms with Crippen LogP contribution >= 0.6 is 0 Å². The molecule has 0 aliphatic rings. The minimum atomic E-state index is -0.289. The minimum Gasteiger partial charge on any atom is -0.497 e. The summed E-state index contributed by atoms with van der Waals surface area (Å²) in [6.45, 7) is 8.68. The molecule has 0 atom stereocenters. The van der Waals surface area contributed by atoms with Crippen LogP contribution in [-0.2, 0) is 10.2 Å². The zero-order chi connectivity index (χ0) is 26.3. The van der Waals surface area contributed by atoms with E-state index >= 15 is 0 Å². The maximum Gasteiger partial charge on any atom is 0.254 e. The van der Waals surface area contributed by atoms with Gasteiger partial charge in [-0.25, -0.2) is 4.68 Å². The van der Waals surface area contributed by atoms with Crippen molar-refractivity contribution in [2.75, 3.05) is 32.6 Å². The lowest BCUT2D eigenvalue weighted by atomic mass is 9.92. The van der Waals surface area contributed by atoms with Crippen molar-refractivity contribution in [3.05, 3.63) is 65.9 Å². The van der Waals surface area contributed by atoms with E-state index in [1.54, 1.807) is 48.1 Å². The van der Waals surface area contributed by atoms with E-state index < -0.39 is 0 Å². The predicted octanol–water partition coefficient (Wildman–Crippen LogP) is 5.07. The molecule has 0 fully saturated rings. The van der Waals surface area contributed by atoms with Crippen LogP contribution < -0.4 is 14.8 Å². The molecule has 0 aliphatic heterocycles. The maximum absolute atomic E-state index is 13.2. The molecule has 0 saturated heterocycles. The van der Waals surface area contributed by atoms with Crippen molar-refractivity contribution in [2.45, 2.75) is 46.0 Å². The number of amides is 2. The maximum atomic E-state index is 13.2. The van der Waals surface area contributed by atoms with Crippen molar-refractivity contribution < 1.29 is 19.1 Å². The quantitative estimate of drug-likeness (QED) is 0.427. The lowest BCUT2D eigenvalue weighted by Crippen LogP contribution is -2.39. The van der Waals surface area contributed by atoms with Crippen molar-refractivity contribution >= 4 is 17.6 Å². The van der Waals surface area contributed by atoms with Crippen LogP contribution in [0.2, 0.25) is 0 Å². The van der Waals surface area contributed by atoms with Gasteiger partial charge in [0.25, 0.3) is 5.91 Å². The Hall–Kier alpha value is -3.81. The molecule has 192 valence electrons. The Morgan fingerprint density at radius 2 is 1.56 bits per heavy atom. The lowest BCUT2D eigenvalue weighted by molar-refractivity contribution is -0.117. The Labute approximate surface area is 213 Å². The molecule has 0 unspecified atom stereocenters. The first-order valence-corrected chi connectivity index (χ1v) is 12.1. The molecule has 0 bridgehead atoms. The smallest absolute Gasteiger partial charge is 0.254 e. The van der Waals surface area contributed by atoms with E-state index in [4.69, 9.17) is 14.6 Å². The number of methoxy groups -OCH3 is 2. The third-order valence-corrected chi connectivity index (χ3v) is 5.80. The van der Waals surface area contributed by atoms with Gasteiger partial charge in [-0.15, -0.1) is 0 Å². The zero-order valence-corrected chi connectivity index (χ0v) is 22.0. The summed E-state index contributed by atoms with van der Waals surface area (Å²) in [5.41, 5.74) is 1.93. The number of hydrogen-bond acceptors (Lipinski definition) is 5. The highest BCUT2D eigenvalue weighted by atomic mass is 16.5. The van der Waals surface area contributed by atoms with E-state index in [9.17, 15) is 9.59 Å². The average molecular weight is 493 g/mol. The summed E-state index contributed by atoms with van der Waals surface area (Å²) < 4.78 is 12.2. The van der Waals surface area contributed by atoms with E-state index in [2.05, 4.69) is 33.0 Å². The second-order valence-corrected chi connectivity index (χ2v) is 9.63. The average Bonchev–Trinajstić information content (AvgIpc) is 3.30. The summed E-state index contributed by atoms with van der Waals surface area (Å²) in [7, 11) is 3.19. The van der Waals surface area contributed by atoms with Crippen molar-refractivity contribution in [1.29, 1.82) is 0 Å². The van der Waals surface area contributed by atoms with E-state index in [1.165, 1.54) is 0 Å². The van der Waals surface area contributed by atoms with Gasteiger partial charge in [-0.05, 0) is 55.0 Å². The van der Waals surface area contributed by atoms with Crippen molar-refractivity contribution in [3.63, 3.8) is 0 Å². The van der Waals surface area contributed by atoms with Gasteiger partial charge in [-0.1, -0.05) is 34.1 Å². The number of nitrogens with zero attached hydrogens (tertiary/aromatic N) is 3. The topological polar surface area (TPSA) is 85.7 Å². The molecule has 0 aliphatic carbocycles. The fourth-order valence-electron chi connectivity index (χ4n) is 3.63. The van der Waals surface area contributed by atoms with Crippen molar-refractivity contribution in [2.24, 2.45) is 0 Å². The SMILES string of the molecule is CCCCN(CC(=O)Nc1cc(C(C)(C)C)nn1-c1ccc(OC)cc1)C(=O)c1ccc(OC)cc1. The number of nitrogens with one attached hydrogen (secondary N) is 1. The fourth-order valence-corrected chi connectivity index (χ4v) is 3.63. The highest BCUT2D eigenvalue weighted by Gasteiger charge is 2.23. The van der Waals surface area contributed by atoms with E-state index in [1.807, 2.05) is 30.3 Å². The molecule has 8 heteroatoms. The number of unbranched alkanes of at least 4 members (excludes halogenated alkanes) is 1. The van der Waals surface area contributed by atoms with Crippen LogP contribution in [0.3, 0.4) is 0 Å². The number of anilines is 1. The molecule has 3 aromatic rings. The standard InChI is InChI=1S/C28H36N4O4/c1-7-8-17-31(27(34)20-9-13-22(35-5)14-10-20)19-26(33)29-25-18-24(28(2,3)4)30-32(25)21-11-15-23(36-6)16-12-21/h9-16,18H,7-8,17,19H2,1-6H3,(H,29,33). The van der Waals surface area contributed by atoms with Gasteiger partial charge in [0.2, 0.25) is 5.91 Å². The lowest BCUT2D eigenvalue weighted by Gasteiger charge is -2.22. The summed E-state index contributed by atoms with van der Waals surface area (Å²) in [5.74, 6) is 1.47. The molecule has 2 amide bonds. The number of aromatic nitrogens is 2. The predicted molar refractivity (Wildman–Crippen MR) is 141 cm³/mol. The molecule has 1 N–H and O–H groups in total. The van der Waals surface area contributed by atoms with Crippen LogP contribution in [0.25, 0.3) is 5.69 Å². The molecule has 1 heterocycles. The number of hydrogen-bond donors (Lipinski definition) is 1. The van der Waals surface area contributed by atoms with Gasteiger partial charge in [-0.2, -0.15) is 5.10 Å². The third-order valence-electron chi connectivity index (χ3n) is 5.80. The molecule has 8 nitrogen and oxygen atoms in total. The largest absolute Gasteiger partial charge is 0.497 e. The molecular formula is C28H36N4O4. The van der Waals surface area contributed by atoms with Crippen LogP contribution in [0.4, 0.5) is 5.82 Å². The van der Waals surface area contributed by atoms with Gasteiger partial charge in [-0.3, -0.25) is 9.59 Å². The number of carbonyl (C=O) groups excluding carboxylic acids is 2. The molecule has 2 aromatic carbocycles. The number of rotatable bonds is 10. The Bertz CT molecular complexity index is 1160. The summed E-state index contributed by atoms with van der Waals surface area (Å²) in [4.78, 5) is 28.0. The third kappa shape index (κ3) is 6.65. The second kappa shape index (κ2) is 11.7. The van der Waals surface area contributed by atoms with Crippen LogP contribution in [0, 0.1) is 0 Å². The first-order valence-electron chi connectivity index (χ1n) is 12.1. The molecule has 1 aromatic heterocycles. The second-order valence-electron chi connectivity index (χ2n) is 9.63. The highest BCUT2D eigenvalue weighted by molar-refractivity contribution is 5.99. The first-order chi connectivity index (χ1) is 17.2. The molecule has 0 spiro atoms. The van der Waals surface area contributed by atoms with E-state index in [-0.39, 0.29) is 23.8 Å². The number of carbonyl (C=O) groups is 2. The molecule has 0 radical (unpaired) electrons. The van der Waals surface area contributed by atoms with Gasteiger partial charge >= 0.3 is 0 Å². The first kappa shape index (κ1) is 26.8. The van der Waals surface area contributed by atoms with Gasteiger partial charge in [0, 0.05) is 23.6 Å². The highest BCUT2D eigenvalue weighted by Crippen LogP contribution is 2.27. The number of ether oxygens (including phenoxy) is 2. The van der Waals surface area contributed by atoms with E-state index in [0.29, 0.717) is 23.7 Å².